The van der Waals surface area contributed by atoms with Crippen molar-refractivity contribution in [1.82, 2.24) is 13.6 Å². The van der Waals surface area contributed by atoms with Crippen molar-refractivity contribution < 1.29 is 50.8 Å². The summed E-state index contributed by atoms with van der Waals surface area (Å²) < 4.78 is 55.1. The van der Waals surface area contributed by atoms with Gasteiger partial charge in [-0.05, 0) is 244 Å². The molecule has 0 saturated heterocycles. The van der Waals surface area contributed by atoms with E-state index < -0.39 is 0 Å². The molecule has 0 atom stereocenters. The summed E-state index contributed by atoms with van der Waals surface area (Å²) in [7, 11) is 38.4. The minimum atomic E-state index is 0.632. The zero-order chi connectivity index (χ0) is 80.4. The van der Waals surface area contributed by atoms with Gasteiger partial charge in [0.2, 0.25) is 11.5 Å². The Balaban J connectivity index is 0.941. The molecule has 0 amide bonds. The van der Waals surface area contributed by atoms with Gasteiger partial charge in [-0.2, -0.15) is 8.75 Å². The van der Waals surface area contributed by atoms with Crippen molar-refractivity contribution in [3.63, 3.8) is 0 Å². The molecule has 0 spiro atoms. The highest BCUT2D eigenvalue weighted by atomic mass is 32.1. The number of benzene rings is 5. The van der Waals surface area contributed by atoms with Gasteiger partial charge in [-0.1, -0.05) is 97.8 Å². The van der Waals surface area contributed by atoms with E-state index in [1.165, 1.54) is 152 Å². The van der Waals surface area contributed by atoms with Gasteiger partial charge in [0.15, 0.2) is 23.0 Å². The summed E-state index contributed by atoms with van der Waals surface area (Å²) in [4.78, 5) is 7.01. The number of unbranched alkanes of at least 4 members (excludes halogenated alkanes) is 18. The normalized spacial score (nSPS) is 12.6. The highest BCUT2D eigenvalue weighted by molar-refractivity contribution is 7.19. The fourth-order valence-electron chi connectivity index (χ4n) is 13.7. The van der Waals surface area contributed by atoms with Gasteiger partial charge in [-0.15, -0.1) is 22.7 Å². The maximum Gasteiger partial charge on any atom is 0.203 e. The Morgan fingerprint density at radius 3 is 0.830 bits per heavy atom. The summed E-state index contributed by atoms with van der Waals surface area (Å²) >= 11 is 4.87. The van der Waals surface area contributed by atoms with Crippen LogP contribution in [0.15, 0.2) is 109 Å². The van der Waals surface area contributed by atoms with E-state index in [0.717, 1.165) is 185 Å². The lowest BCUT2D eigenvalue weighted by Gasteiger charge is -2.23. The fourth-order valence-corrected chi connectivity index (χ4v) is 16.4. The molecule has 614 valence electrons. The molecule has 0 aliphatic rings. The molecule has 0 aliphatic carbocycles. The molecule has 0 N–H and O–H groups in total. The third-order valence-electron chi connectivity index (χ3n) is 20.2. The number of hydrogen-bond acceptors (Lipinski definition) is 12. The molecule has 0 unspecified atom stereocenters. The van der Waals surface area contributed by atoms with Crippen LogP contribution >= 0.6 is 34.4 Å². The molecule has 5 aromatic carbocycles. The lowest BCUT2D eigenvalue weighted by atomic mass is 10.1. The Morgan fingerprint density at radius 2 is 0.545 bits per heavy atom. The van der Waals surface area contributed by atoms with Gasteiger partial charge in [-0.25, -0.2) is 0 Å². The van der Waals surface area contributed by atoms with E-state index in [0.29, 0.717) is 39.6 Å². The molecule has 8 rings (SSSR count). The number of fused-ring (bicyclic) bond motifs is 1. The second-order valence-electron chi connectivity index (χ2n) is 36.5. The number of thiophene rings is 2. The van der Waals surface area contributed by atoms with Crippen LogP contribution < -0.4 is 28.4 Å². The molecule has 3 aromatic heterocycles. The van der Waals surface area contributed by atoms with Gasteiger partial charge < -0.3 is 55.7 Å². The average Bonchev–Trinajstić information content (AvgIpc) is 1.45. The first kappa shape index (κ1) is 90.9. The molecule has 14 nitrogen and oxygen atoms in total. The molecule has 17 heteroatoms. The third-order valence-corrected chi connectivity index (χ3v) is 23.1. The van der Waals surface area contributed by atoms with Crippen LogP contribution in [0.4, 0.5) is 0 Å². The van der Waals surface area contributed by atoms with Crippen LogP contribution in [0.1, 0.15) is 176 Å². The summed E-state index contributed by atoms with van der Waals surface area (Å²) in [5, 5.41) is 0. The van der Waals surface area contributed by atoms with E-state index >= 15 is 0 Å². The lowest BCUT2D eigenvalue weighted by Crippen LogP contribution is -2.35. The topological polar surface area (TPSA) is 84.4 Å². The molecular weight excluding hydrogens is 1450 g/mol. The summed E-state index contributed by atoms with van der Waals surface area (Å²) in [6, 6.07) is 39.8. The molecule has 0 aliphatic heterocycles. The van der Waals surface area contributed by atoms with Crippen molar-refractivity contribution in [3.8, 4) is 76.3 Å². The second-order valence-corrected chi connectivity index (χ2v) is 39.2. The second kappa shape index (κ2) is 46.2. The first-order valence-corrected chi connectivity index (χ1v) is 44.7. The summed E-state index contributed by atoms with van der Waals surface area (Å²) in [6.07, 6.45) is 36.1. The maximum absolute atomic E-state index is 6.71. The van der Waals surface area contributed by atoms with Gasteiger partial charge in [0.25, 0.3) is 0 Å². The van der Waals surface area contributed by atoms with Crippen molar-refractivity contribution in [2.45, 2.75) is 154 Å². The fraction of sp³-hybridized carbons (Fsp3) is 0.558. The van der Waals surface area contributed by atoms with Crippen molar-refractivity contribution in [2.24, 2.45) is 0 Å². The van der Waals surface area contributed by atoms with E-state index in [2.05, 4.69) is 258 Å². The highest BCUT2D eigenvalue weighted by Crippen LogP contribution is 2.45. The van der Waals surface area contributed by atoms with Crippen LogP contribution in [-0.2, 0) is 0 Å². The minimum Gasteiger partial charge on any atom is -0.490 e. The Bertz CT molecular complexity index is 4020. The lowest BCUT2D eigenvalue weighted by molar-refractivity contribution is -0.870. The van der Waals surface area contributed by atoms with E-state index in [1.807, 2.05) is 0 Å². The number of ether oxygens (including phenoxy) is 6. The largest absolute Gasteiger partial charge is 0.490 e. The van der Waals surface area contributed by atoms with E-state index in [1.54, 1.807) is 22.7 Å². The standard InChI is InChI=1S/C95H145N8O6S3/c1-98(2)60-30-18-24-36-66-104-84-72-78(73-85(105-67-37-25-19-31-61-99(3,4)5)94(84)108-70-40-28-22-34-64-102(12,13)14)44-42-76-46-50-80(51-47-76)88-56-58-90(110-88)82-54-55-83(93-92(82)96-112-97-93)91-59-57-89(111-91)81-52-48-77(49-53-81)43-45-79-74-86(106-68-38-26-20-32-62-100(6,7)8)95(109-71-41-29-23-35-65-103(15,16)17)87(75-79)107-69-39-27-21-33-63-101(9,10)11/h42-59,72-75H,18-41,60-71H2,1-17H3/q+5/b44-42+,45-43+. The third kappa shape index (κ3) is 34.4. The number of hydrogen-bond donors (Lipinski definition) is 0. The zero-order valence-corrected chi connectivity index (χ0v) is 74.9. The Morgan fingerprint density at radius 1 is 0.286 bits per heavy atom. The Hall–Kier alpha value is -6.64. The summed E-state index contributed by atoms with van der Waals surface area (Å²) in [6.45, 7) is 10.8. The van der Waals surface area contributed by atoms with E-state index in [9.17, 15) is 0 Å². The summed E-state index contributed by atoms with van der Waals surface area (Å²) in [5.74, 6) is 4.55. The molecular formula is C95H145N8O6S3+5. The number of aromatic nitrogens is 2. The highest BCUT2D eigenvalue weighted by Gasteiger charge is 2.22. The molecule has 3 heterocycles. The van der Waals surface area contributed by atoms with Crippen LogP contribution in [0.5, 0.6) is 34.5 Å². The van der Waals surface area contributed by atoms with Crippen LogP contribution in [0.25, 0.3) is 77.1 Å². The van der Waals surface area contributed by atoms with Gasteiger partial charge in [-0.3, -0.25) is 0 Å². The predicted molar refractivity (Wildman–Crippen MR) is 482 cm³/mol. The first-order chi connectivity index (χ1) is 53.5. The van der Waals surface area contributed by atoms with Crippen molar-refractivity contribution >= 4 is 69.7 Å². The summed E-state index contributed by atoms with van der Waals surface area (Å²) in [5.41, 5.74) is 10.7. The molecule has 112 heavy (non-hydrogen) atoms. The quantitative estimate of drug-likeness (QED) is 0.0210. The van der Waals surface area contributed by atoms with Crippen molar-refractivity contribution in [1.29, 1.82) is 0 Å². The molecule has 8 aromatic rings. The number of nitrogens with zero attached hydrogens (tertiary/aromatic N) is 8. The molecule has 0 saturated carbocycles. The smallest absolute Gasteiger partial charge is 0.203 e. The SMILES string of the molecule is CN(C)CCCCCCOc1cc(/C=C/c2ccc(-c3ccc(-c4ccc(-c5ccc(-c6ccc(/C=C/c7cc(OCCCCCC[N+](C)(C)C)c(OCCCCCC[N+](C)(C)C)c(OCCCCCC[N+](C)(C)C)c7)cc6)s5)c5nsnc45)s3)cc2)cc(OCCCCCC[N+](C)(C)C)c1OCCCCCC[N+](C)(C)C. The minimum absolute atomic E-state index is 0.632. The zero-order valence-electron chi connectivity index (χ0n) is 72.4. The predicted octanol–water partition coefficient (Wildman–Crippen LogP) is 22.6. The van der Waals surface area contributed by atoms with Crippen LogP contribution in [0.3, 0.4) is 0 Å². The van der Waals surface area contributed by atoms with Crippen LogP contribution in [0.2, 0.25) is 0 Å². The number of quaternary nitrogens is 5. The number of rotatable bonds is 56. The molecule has 0 radical (unpaired) electrons. The Labute approximate surface area is 690 Å². The van der Waals surface area contributed by atoms with Gasteiger partial charge in [0.1, 0.15) is 11.0 Å². The average molecular weight is 1590 g/mol. The van der Waals surface area contributed by atoms with Crippen molar-refractivity contribution in [2.75, 3.05) is 199 Å². The van der Waals surface area contributed by atoms with Crippen molar-refractivity contribution in [3.05, 3.63) is 131 Å². The monoisotopic (exact) mass is 1590 g/mol. The maximum atomic E-state index is 6.71. The van der Waals surface area contributed by atoms with Gasteiger partial charge >= 0.3 is 0 Å². The van der Waals surface area contributed by atoms with Gasteiger partial charge in [0, 0.05) is 30.6 Å². The van der Waals surface area contributed by atoms with Crippen LogP contribution in [0, 0.1) is 0 Å². The van der Waals surface area contributed by atoms with Crippen LogP contribution in [-0.4, -0.2) is 235 Å². The van der Waals surface area contributed by atoms with Gasteiger partial charge in [0.05, 0.1) is 190 Å². The van der Waals surface area contributed by atoms with E-state index in [-0.39, 0.29) is 0 Å². The first-order valence-electron chi connectivity index (χ1n) is 42.3. The van der Waals surface area contributed by atoms with E-state index in [4.69, 9.17) is 37.2 Å². The molecule has 0 fully saturated rings. The molecule has 0 bridgehead atoms. The Kier molecular flexibility index (Phi) is 37.5.